The van der Waals surface area contributed by atoms with Crippen LogP contribution in [0, 0.1) is 5.82 Å². The molecule has 1 heterocycles. The molecule has 0 aliphatic heterocycles. The van der Waals surface area contributed by atoms with Gasteiger partial charge in [0.15, 0.2) is 5.82 Å². The van der Waals surface area contributed by atoms with Crippen LogP contribution in [0.4, 0.5) is 4.39 Å². The van der Waals surface area contributed by atoms with E-state index in [1.54, 1.807) is 12.1 Å². The second kappa shape index (κ2) is 4.69. The minimum Gasteiger partial charge on any atom is -0.481 e. The molecule has 2 rings (SSSR count). The molecule has 0 bridgehead atoms. The summed E-state index contributed by atoms with van der Waals surface area (Å²) in [6, 6.07) is 5.98. The first-order valence-corrected chi connectivity index (χ1v) is 4.95. The molecule has 0 aliphatic carbocycles. The van der Waals surface area contributed by atoms with E-state index in [4.69, 9.17) is 5.11 Å². The highest BCUT2D eigenvalue weighted by atomic mass is 19.1. The van der Waals surface area contributed by atoms with Gasteiger partial charge in [-0.05, 0) is 12.1 Å². The van der Waals surface area contributed by atoms with E-state index in [-0.39, 0.29) is 12.0 Å². The lowest BCUT2D eigenvalue weighted by Crippen LogP contribution is -2.05. The Hall–Kier alpha value is -2.30. The van der Waals surface area contributed by atoms with Gasteiger partial charge in [-0.1, -0.05) is 12.1 Å². The topological polar surface area (TPSA) is 63.1 Å². The van der Waals surface area contributed by atoms with E-state index in [2.05, 4.69) is 9.97 Å². The van der Waals surface area contributed by atoms with Crippen molar-refractivity contribution in [2.24, 2.45) is 0 Å². The van der Waals surface area contributed by atoms with Crippen LogP contribution < -0.4 is 0 Å². The summed E-state index contributed by atoms with van der Waals surface area (Å²) in [4.78, 5) is 18.7. The number of carboxylic acid groups (broad SMARTS) is 1. The molecule has 1 aromatic heterocycles. The second-order valence-corrected chi connectivity index (χ2v) is 3.41. The zero-order chi connectivity index (χ0) is 12.3. The Balaban J connectivity index is 2.54. The van der Waals surface area contributed by atoms with E-state index < -0.39 is 11.8 Å². The highest BCUT2D eigenvalue weighted by Crippen LogP contribution is 2.22. The fourth-order valence-corrected chi connectivity index (χ4v) is 1.54. The zero-order valence-corrected chi connectivity index (χ0v) is 8.80. The number of nitrogens with zero attached hydrogens (tertiary/aromatic N) is 2. The number of benzene rings is 1. The standard InChI is InChI=1S/C12H9FN2O2/c13-10-4-1-3-8(9(10)7-11(16)17)12-14-5-2-6-15-12/h1-6H,7H2,(H,16,17). The van der Waals surface area contributed by atoms with E-state index in [0.717, 1.165) is 0 Å². The maximum absolute atomic E-state index is 13.6. The molecular formula is C12H9FN2O2. The van der Waals surface area contributed by atoms with Gasteiger partial charge in [0, 0.05) is 23.5 Å². The van der Waals surface area contributed by atoms with Gasteiger partial charge in [0.1, 0.15) is 5.82 Å². The largest absolute Gasteiger partial charge is 0.481 e. The highest BCUT2D eigenvalue weighted by molar-refractivity contribution is 5.74. The van der Waals surface area contributed by atoms with Crippen LogP contribution in [-0.2, 0) is 11.2 Å². The van der Waals surface area contributed by atoms with Crippen molar-refractivity contribution >= 4 is 5.97 Å². The molecule has 0 aliphatic rings. The van der Waals surface area contributed by atoms with Gasteiger partial charge in [-0.3, -0.25) is 4.79 Å². The van der Waals surface area contributed by atoms with Crippen molar-refractivity contribution in [3.8, 4) is 11.4 Å². The Labute approximate surface area is 96.8 Å². The van der Waals surface area contributed by atoms with E-state index in [0.29, 0.717) is 11.4 Å². The predicted molar refractivity (Wildman–Crippen MR) is 58.8 cm³/mol. The number of carboxylic acids is 1. The third-order valence-corrected chi connectivity index (χ3v) is 2.25. The molecule has 0 unspecified atom stereocenters. The Morgan fingerprint density at radius 1 is 1.24 bits per heavy atom. The number of halogens is 1. The van der Waals surface area contributed by atoms with Crippen molar-refractivity contribution < 1.29 is 14.3 Å². The minimum absolute atomic E-state index is 0.103. The molecule has 0 radical (unpaired) electrons. The van der Waals surface area contributed by atoms with Gasteiger partial charge in [0.05, 0.1) is 6.42 Å². The molecule has 0 amide bonds. The summed E-state index contributed by atoms with van der Waals surface area (Å²) in [6.07, 6.45) is 2.66. The Kier molecular flexibility index (Phi) is 3.09. The second-order valence-electron chi connectivity index (χ2n) is 3.41. The summed E-state index contributed by atoms with van der Waals surface area (Å²) in [5, 5.41) is 8.76. The minimum atomic E-state index is -1.09. The van der Waals surface area contributed by atoms with Gasteiger partial charge in [0.25, 0.3) is 0 Å². The first-order valence-electron chi connectivity index (χ1n) is 4.95. The first-order chi connectivity index (χ1) is 8.18. The number of rotatable bonds is 3. The highest BCUT2D eigenvalue weighted by Gasteiger charge is 2.14. The van der Waals surface area contributed by atoms with E-state index in [1.165, 1.54) is 24.5 Å². The number of aromatic nitrogens is 2. The van der Waals surface area contributed by atoms with Crippen LogP contribution in [0.15, 0.2) is 36.7 Å². The maximum atomic E-state index is 13.6. The fourth-order valence-electron chi connectivity index (χ4n) is 1.54. The third-order valence-electron chi connectivity index (χ3n) is 2.25. The number of hydrogen-bond donors (Lipinski definition) is 1. The quantitative estimate of drug-likeness (QED) is 0.877. The van der Waals surface area contributed by atoms with Gasteiger partial charge >= 0.3 is 5.97 Å². The maximum Gasteiger partial charge on any atom is 0.307 e. The summed E-state index contributed by atoms with van der Waals surface area (Å²) in [6.45, 7) is 0. The van der Waals surface area contributed by atoms with Crippen LogP contribution in [0.25, 0.3) is 11.4 Å². The van der Waals surface area contributed by atoms with Gasteiger partial charge in [-0.25, -0.2) is 14.4 Å². The lowest BCUT2D eigenvalue weighted by Gasteiger charge is -2.07. The lowest BCUT2D eigenvalue weighted by molar-refractivity contribution is -0.136. The van der Waals surface area contributed by atoms with Crippen molar-refractivity contribution in [2.45, 2.75) is 6.42 Å². The fraction of sp³-hybridized carbons (Fsp3) is 0.0833. The molecule has 0 atom stereocenters. The Morgan fingerprint density at radius 3 is 2.59 bits per heavy atom. The molecule has 0 saturated heterocycles. The number of carbonyl (C=O) groups is 1. The first kappa shape index (κ1) is 11.2. The van der Waals surface area contributed by atoms with Crippen molar-refractivity contribution in [1.82, 2.24) is 9.97 Å². The van der Waals surface area contributed by atoms with E-state index in [9.17, 15) is 9.18 Å². The molecule has 2 aromatic rings. The summed E-state index contributed by atoms with van der Waals surface area (Å²) in [7, 11) is 0. The zero-order valence-electron chi connectivity index (χ0n) is 8.80. The number of aliphatic carboxylic acids is 1. The van der Waals surface area contributed by atoms with Crippen LogP contribution in [0.5, 0.6) is 0 Å². The van der Waals surface area contributed by atoms with Gasteiger partial charge < -0.3 is 5.11 Å². The molecule has 5 heteroatoms. The van der Waals surface area contributed by atoms with Gasteiger partial charge in [-0.2, -0.15) is 0 Å². The van der Waals surface area contributed by atoms with Crippen LogP contribution in [0.1, 0.15) is 5.56 Å². The molecule has 1 aromatic carbocycles. The molecule has 0 saturated carbocycles. The molecule has 0 fully saturated rings. The smallest absolute Gasteiger partial charge is 0.307 e. The van der Waals surface area contributed by atoms with Crippen LogP contribution in [0.3, 0.4) is 0 Å². The summed E-state index contributed by atoms with van der Waals surface area (Å²) < 4.78 is 13.6. The average molecular weight is 232 g/mol. The Morgan fingerprint density at radius 2 is 1.94 bits per heavy atom. The van der Waals surface area contributed by atoms with Gasteiger partial charge in [0.2, 0.25) is 0 Å². The SMILES string of the molecule is O=C(O)Cc1c(F)cccc1-c1ncccn1. The van der Waals surface area contributed by atoms with Crippen molar-refractivity contribution in [1.29, 1.82) is 0 Å². The molecule has 4 nitrogen and oxygen atoms in total. The molecule has 0 spiro atoms. The van der Waals surface area contributed by atoms with Crippen molar-refractivity contribution in [3.63, 3.8) is 0 Å². The van der Waals surface area contributed by atoms with Crippen molar-refractivity contribution in [2.75, 3.05) is 0 Å². The predicted octanol–water partition coefficient (Wildman–Crippen LogP) is 1.91. The van der Waals surface area contributed by atoms with E-state index >= 15 is 0 Å². The normalized spacial score (nSPS) is 10.2. The lowest BCUT2D eigenvalue weighted by atomic mass is 10.0. The average Bonchev–Trinajstić information content (AvgIpc) is 2.32. The van der Waals surface area contributed by atoms with Crippen LogP contribution in [0.2, 0.25) is 0 Å². The number of hydrogen-bond acceptors (Lipinski definition) is 3. The molecule has 1 N–H and O–H groups in total. The van der Waals surface area contributed by atoms with E-state index in [1.807, 2.05) is 0 Å². The molecule has 17 heavy (non-hydrogen) atoms. The summed E-state index contributed by atoms with van der Waals surface area (Å²) >= 11 is 0. The van der Waals surface area contributed by atoms with Crippen molar-refractivity contribution in [3.05, 3.63) is 48.0 Å². The van der Waals surface area contributed by atoms with Gasteiger partial charge in [-0.15, -0.1) is 0 Å². The molecular weight excluding hydrogens is 223 g/mol. The van der Waals surface area contributed by atoms with Crippen LogP contribution >= 0.6 is 0 Å². The molecule has 86 valence electrons. The monoisotopic (exact) mass is 232 g/mol. The van der Waals surface area contributed by atoms with Crippen LogP contribution in [-0.4, -0.2) is 21.0 Å². The third kappa shape index (κ3) is 2.44. The summed E-state index contributed by atoms with van der Waals surface area (Å²) in [5.41, 5.74) is 0.513. The Bertz CT molecular complexity index is 543. The summed E-state index contributed by atoms with van der Waals surface area (Å²) in [5.74, 6) is -1.33.